The van der Waals surface area contributed by atoms with E-state index in [0.29, 0.717) is 16.7 Å². The Labute approximate surface area is 159 Å². The van der Waals surface area contributed by atoms with Crippen LogP contribution in [-0.2, 0) is 10.8 Å². The Morgan fingerprint density at radius 2 is 1.48 bits per heavy atom. The lowest BCUT2D eigenvalue weighted by Crippen LogP contribution is -2.21. The highest BCUT2D eigenvalue weighted by Gasteiger charge is 2.28. The molecule has 0 atom stereocenters. The number of carbonyl (C=O) groups is 1. The molecule has 1 amide bonds. The van der Waals surface area contributed by atoms with Gasteiger partial charge in [0.25, 0.3) is 11.6 Å². The number of carbonyl (C=O) groups excluding carboxylic acids is 1. The zero-order chi connectivity index (χ0) is 20.6. The minimum atomic E-state index is -0.534. The molecule has 6 heteroatoms. The van der Waals surface area contributed by atoms with Crippen LogP contribution in [0.3, 0.4) is 0 Å². The molecule has 6 nitrogen and oxygen atoms in total. The number of phenolic OH excluding ortho intramolecular Hbond substituents is 1. The first-order chi connectivity index (χ1) is 12.3. The monoisotopic (exact) mass is 370 g/mol. The van der Waals surface area contributed by atoms with Gasteiger partial charge in [0.1, 0.15) is 11.4 Å². The number of nitro benzene ring substituents is 1. The van der Waals surface area contributed by atoms with Crippen molar-refractivity contribution < 1.29 is 14.8 Å². The van der Waals surface area contributed by atoms with Gasteiger partial charge in [0.2, 0.25) is 0 Å². The van der Waals surface area contributed by atoms with Gasteiger partial charge in [0, 0.05) is 22.8 Å². The summed E-state index contributed by atoms with van der Waals surface area (Å²) in [6.45, 7) is 11.7. The molecule has 0 bridgehead atoms. The van der Waals surface area contributed by atoms with E-state index in [0.717, 1.165) is 0 Å². The topological polar surface area (TPSA) is 92.5 Å². The molecule has 27 heavy (non-hydrogen) atoms. The number of anilines is 1. The molecule has 0 saturated heterocycles. The fourth-order valence-electron chi connectivity index (χ4n) is 2.84. The first-order valence-electron chi connectivity index (χ1n) is 8.75. The second-order valence-corrected chi connectivity index (χ2v) is 8.65. The van der Waals surface area contributed by atoms with Crippen molar-refractivity contribution in [2.45, 2.75) is 52.4 Å². The number of nitro groups is 1. The van der Waals surface area contributed by atoms with E-state index in [4.69, 9.17) is 0 Å². The predicted molar refractivity (Wildman–Crippen MR) is 107 cm³/mol. The minimum Gasteiger partial charge on any atom is -0.507 e. The van der Waals surface area contributed by atoms with Crippen LogP contribution in [0.1, 0.15) is 63.0 Å². The van der Waals surface area contributed by atoms with Crippen molar-refractivity contribution in [1.29, 1.82) is 0 Å². The Balaban J connectivity index is 2.55. The second kappa shape index (κ2) is 7.02. The Morgan fingerprint density at radius 3 is 1.93 bits per heavy atom. The smallest absolute Gasteiger partial charge is 0.292 e. The average molecular weight is 370 g/mol. The van der Waals surface area contributed by atoms with Gasteiger partial charge in [-0.25, -0.2) is 0 Å². The van der Waals surface area contributed by atoms with Crippen LogP contribution in [0.2, 0.25) is 0 Å². The molecule has 0 aromatic heterocycles. The molecular weight excluding hydrogens is 344 g/mol. The number of para-hydroxylation sites is 2. The van der Waals surface area contributed by atoms with Crippen molar-refractivity contribution in [3.63, 3.8) is 0 Å². The maximum absolute atomic E-state index is 12.8. The molecule has 2 aromatic rings. The summed E-state index contributed by atoms with van der Waals surface area (Å²) in [6.07, 6.45) is 0. The third-order valence-electron chi connectivity index (χ3n) is 4.34. The molecule has 0 heterocycles. The van der Waals surface area contributed by atoms with Crippen LogP contribution in [0.15, 0.2) is 36.4 Å². The molecule has 2 rings (SSSR count). The van der Waals surface area contributed by atoms with E-state index >= 15 is 0 Å². The maximum atomic E-state index is 12.8. The van der Waals surface area contributed by atoms with Crippen LogP contribution in [0.25, 0.3) is 0 Å². The molecule has 0 fully saturated rings. The SMILES string of the molecule is CC(C)(C)c1cc(C(=O)Nc2ccccc2[N+](=O)[O-])cc(C(C)(C)C)c1O. The van der Waals surface area contributed by atoms with Gasteiger partial charge >= 0.3 is 0 Å². The quantitative estimate of drug-likeness (QED) is 0.577. The predicted octanol–water partition coefficient (Wildman–Crippen LogP) is 5.15. The minimum absolute atomic E-state index is 0.134. The molecule has 0 saturated carbocycles. The number of phenols is 1. The van der Waals surface area contributed by atoms with Crippen LogP contribution in [0, 0.1) is 10.1 Å². The molecular formula is C21H26N2O4. The molecule has 0 spiro atoms. The first-order valence-corrected chi connectivity index (χ1v) is 8.75. The van der Waals surface area contributed by atoms with Gasteiger partial charge in [-0.1, -0.05) is 53.7 Å². The number of aromatic hydroxyl groups is 1. The first kappa shape index (κ1) is 20.4. The fraction of sp³-hybridized carbons (Fsp3) is 0.381. The number of amides is 1. The average Bonchev–Trinajstić information content (AvgIpc) is 2.53. The summed E-state index contributed by atoms with van der Waals surface area (Å²) >= 11 is 0. The summed E-state index contributed by atoms with van der Waals surface area (Å²) in [6, 6.07) is 9.30. The van der Waals surface area contributed by atoms with Gasteiger partial charge < -0.3 is 10.4 Å². The zero-order valence-corrected chi connectivity index (χ0v) is 16.6. The van der Waals surface area contributed by atoms with E-state index in [9.17, 15) is 20.0 Å². The molecule has 0 aliphatic rings. The summed E-state index contributed by atoms with van der Waals surface area (Å²) in [7, 11) is 0. The van der Waals surface area contributed by atoms with E-state index in [2.05, 4.69) is 5.32 Å². The summed E-state index contributed by atoms with van der Waals surface area (Å²) in [5.41, 5.74) is 0.871. The number of hydrogen-bond donors (Lipinski definition) is 2. The Morgan fingerprint density at radius 1 is 1.00 bits per heavy atom. The van der Waals surface area contributed by atoms with Gasteiger partial charge in [-0.05, 0) is 29.0 Å². The van der Waals surface area contributed by atoms with Crippen LogP contribution >= 0.6 is 0 Å². The highest BCUT2D eigenvalue weighted by Crippen LogP contribution is 2.40. The lowest BCUT2D eigenvalue weighted by Gasteiger charge is -2.28. The largest absolute Gasteiger partial charge is 0.507 e. The number of benzene rings is 2. The van der Waals surface area contributed by atoms with E-state index in [1.54, 1.807) is 24.3 Å². The number of rotatable bonds is 3. The summed E-state index contributed by atoms with van der Waals surface area (Å²) in [5, 5.41) is 24.6. The standard InChI is InChI=1S/C21H26N2O4/c1-20(2,3)14-11-13(12-15(18(14)24)21(4,5)6)19(25)22-16-9-7-8-10-17(16)23(26)27/h7-12,24H,1-6H3,(H,22,25). The fourth-order valence-corrected chi connectivity index (χ4v) is 2.84. The molecule has 0 aliphatic carbocycles. The van der Waals surface area contributed by atoms with Crippen molar-refractivity contribution in [2.24, 2.45) is 0 Å². The van der Waals surface area contributed by atoms with Crippen LogP contribution in [0.5, 0.6) is 5.75 Å². The van der Waals surface area contributed by atoms with Gasteiger partial charge in [-0.3, -0.25) is 14.9 Å². The lowest BCUT2D eigenvalue weighted by molar-refractivity contribution is -0.383. The van der Waals surface area contributed by atoms with Crippen LogP contribution in [0.4, 0.5) is 11.4 Å². The van der Waals surface area contributed by atoms with Crippen molar-refractivity contribution in [3.05, 3.63) is 63.2 Å². The summed E-state index contributed by atoms with van der Waals surface area (Å²) in [5.74, 6) is -0.280. The normalized spacial score (nSPS) is 11.9. The van der Waals surface area contributed by atoms with E-state index in [-0.39, 0.29) is 28.0 Å². The van der Waals surface area contributed by atoms with Crippen molar-refractivity contribution >= 4 is 17.3 Å². The maximum Gasteiger partial charge on any atom is 0.292 e. The zero-order valence-electron chi connectivity index (χ0n) is 16.6. The van der Waals surface area contributed by atoms with Gasteiger partial charge in [-0.2, -0.15) is 0 Å². The van der Waals surface area contributed by atoms with E-state index < -0.39 is 10.8 Å². The molecule has 2 N–H and O–H groups in total. The van der Waals surface area contributed by atoms with Crippen molar-refractivity contribution in [1.82, 2.24) is 0 Å². The highest BCUT2D eigenvalue weighted by molar-refractivity contribution is 6.05. The van der Waals surface area contributed by atoms with Crippen molar-refractivity contribution in [2.75, 3.05) is 5.32 Å². The molecule has 0 aliphatic heterocycles. The molecule has 144 valence electrons. The number of nitrogens with zero attached hydrogens (tertiary/aromatic N) is 1. The third-order valence-corrected chi connectivity index (χ3v) is 4.34. The summed E-state index contributed by atoms with van der Waals surface area (Å²) in [4.78, 5) is 23.5. The van der Waals surface area contributed by atoms with Gasteiger partial charge in [0.05, 0.1) is 4.92 Å². The Bertz CT molecular complexity index is 855. The van der Waals surface area contributed by atoms with E-state index in [1.165, 1.54) is 12.1 Å². The number of hydrogen-bond acceptors (Lipinski definition) is 4. The Kier molecular flexibility index (Phi) is 5.31. The molecule has 0 radical (unpaired) electrons. The molecule has 0 unspecified atom stereocenters. The molecule has 2 aromatic carbocycles. The highest BCUT2D eigenvalue weighted by atomic mass is 16.6. The van der Waals surface area contributed by atoms with Crippen LogP contribution in [-0.4, -0.2) is 15.9 Å². The lowest BCUT2D eigenvalue weighted by atomic mass is 9.78. The van der Waals surface area contributed by atoms with Gasteiger partial charge in [0.15, 0.2) is 0 Å². The second-order valence-electron chi connectivity index (χ2n) is 8.65. The number of nitrogens with one attached hydrogen (secondary N) is 1. The van der Waals surface area contributed by atoms with Crippen LogP contribution < -0.4 is 5.32 Å². The van der Waals surface area contributed by atoms with Crippen molar-refractivity contribution in [3.8, 4) is 5.75 Å². The third kappa shape index (κ3) is 4.45. The Hall–Kier alpha value is -2.89. The van der Waals surface area contributed by atoms with E-state index in [1.807, 2.05) is 41.5 Å². The van der Waals surface area contributed by atoms with Gasteiger partial charge in [-0.15, -0.1) is 0 Å². The summed E-state index contributed by atoms with van der Waals surface area (Å²) < 4.78 is 0.